The summed E-state index contributed by atoms with van der Waals surface area (Å²) in [7, 11) is 1.81. The Bertz CT molecular complexity index is 1150. The fourth-order valence-corrected chi connectivity index (χ4v) is 4.48. The molecule has 4 heterocycles. The van der Waals surface area contributed by atoms with E-state index in [0.717, 1.165) is 18.4 Å². The fraction of sp³-hybridized carbons (Fsp3) is 0.364. The molecule has 0 unspecified atom stereocenters. The Balaban J connectivity index is 1.29. The van der Waals surface area contributed by atoms with Crippen molar-refractivity contribution in [1.82, 2.24) is 19.8 Å². The van der Waals surface area contributed by atoms with Crippen LogP contribution < -0.4 is 4.74 Å². The molecule has 1 aromatic carbocycles. The Kier molecular flexibility index (Phi) is 5.02. The number of aryl methyl sites for hydroxylation is 1. The summed E-state index contributed by atoms with van der Waals surface area (Å²) in [6.45, 7) is 1.14. The number of fused-ring (bicyclic) bond motifs is 1. The third-order valence-electron chi connectivity index (χ3n) is 5.90. The number of piperidine rings is 1. The zero-order valence-corrected chi connectivity index (χ0v) is 17.7. The number of hydrogen-bond acceptors (Lipinski definition) is 6. The highest BCUT2D eigenvalue weighted by Gasteiger charge is 2.36. The third-order valence-corrected chi connectivity index (χ3v) is 6.13. The van der Waals surface area contributed by atoms with Gasteiger partial charge in [-0.2, -0.15) is 5.10 Å². The molecule has 160 valence electrons. The summed E-state index contributed by atoms with van der Waals surface area (Å²) in [6.07, 6.45) is 5.22. The van der Waals surface area contributed by atoms with Crippen LogP contribution in [0, 0.1) is 5.92 Å². The molecule has 2 aliphatic rings. The van der Waals surface area contributed by atoms with Crippen LogP contribution in [-0.2, 0) is 7.05 Å². The number of Topliss-reactive ketones (excluding diaryl/α,β-unsaturated/α-hetero) is 1. The smallest absolute Gasteiger partial charge is 0.276 e. The Morgan fingerprint density at radius 3 is 2.97 bits per heavy atom. The summed E-state index contributed by atoms with van der Waals surface area (Å²) >= 11 is 6.01. The zero-order valence-electron chi connectivity index (χ0n) is 17.0. The van der Waals surface area contributed by atoms with Gasteiger partial charge in [-0.1, -0.05) is 16.8 Å². The molecule has 1 fully saturated rings. The second-order valence-electron chi connectivity index (χ2n) is 8.06. The van der Waals surface area contributed by atoms with Gasteiger partial charge in [-0.15, -0.1) is 0 Å². The normalized spacial score (nSPS) is 21.0. The van der Waals surface area contributed by atoms with Crippen LogP contribution in [0.15, 0.2) is 41.2 Å². The second kappa shape index (κ2) is 7.85. The third kappa shape index (κ3) is 3.83. The van der Waals surface area contributed by atoms with Crippen LogP contribution in [0.4, 0.5) is 0 Å². The zero-order chi connectivity index (χ0) is 21.5. The van der Waals surface area contributed by atoms with Crippen LogP contribution >= 0.6 is 11.6 Å². The first-order valence-corrected chi connectivity index (χ1v) is 10.6. The van der Waals surface area contributed by atoms with E-state index in [0.29, 0.717) is 35.2 Å². The molecule has 9 heteroatoms. The van der Waals surface area contributed by atoms with E-state index in [4.69, 9.17) is 20.9 Å². The number of ketones is 1. The number of halogens is 1. The maximum absolute atomic E-state index is 13.0. The SMILES string of the molecule is Cn1cc(-c2cc(C(=O)N3CCC[C@@H]([C@@H]4CC(=O)c5cc(Cl)ccc5O4)C3)no2)cn1. The van der Waals surface area contributed by atoms with Gasteiger partial charge < -0.3 is 14.2 Å². The molecule has 2 aliphatic heterocycles. The monoisotopic (exact) mass is 440 g/mol. The van der Waals surface area contributed by atoms with E-state index in [2.05, 4.69) is 10.3 Å². The van der Waals surface area contributed by atoms with Crippen molar-refractivity contribution in [2.45, 2.75) is 25.4 Å². The quantitative estimate of drug-likeness (QED) is 0.618. The molecule has 1 amide bonds. The van der Waals surface area contributed by atoms with E-state index in [1.165, 1.54) is 0 Å². The van der Waals surface area contributed by atoms with E-state index >= 15 is 0 Å². The van der Waals surface area contributed by atoms with Crippen molar-refractivity contribution >= 4 is 23.3 Å². The topological polar surface area (TPSA) is 90.5 Å². The molecule has 5 rings (SSSR count). The predicted octanol–water partition coefficient (Wildman–Crippen LogP) is 3.61. The largest absolute Gasteiger partial charge is 0.489 e. The van der Waals surface area contributed by atoms with Gasteiger partial charge in [0.2, 0.25) is 0 Å². The van der Waals surface area contributed by atoms with E-state index < -0.39 is 0 Å². The number of likely N-dealkylation sites (tertiary alicyclic amines) is 1. The molecular formula is C22H21ClN4O4. The lowest BCUT2D eigenvalue weighted by atomic mass is 9.87. The number of amides is 1. The highest BCUT2D eigenvalue weighted by Crippen LogP contribution is 2.35. The van der Waals surface area contributed by atoms with Crippen molar-refractivity contribution in [3.8, 4) is 17.1 Å². The van der Waals surface area contributed by atoms with Crippen LogP contribution in [-0.4, -0.2) is 50.7 Å². The van der Waals surface area contributed by atoms with Crippen molar-refractivity contribution in [3.63, 3.8) is 0 Å². The number of carbonyl (C=O) groups is 2. The molecule has 8 nitrogen and oxygen atoms in total. The van der Waals surface area contributed by atoms with Crippen molar-refractivity contribution in [3.05, 3.63) is 52.9 Å². The first kappa shape index (κ1) is 19.8. The van der Waals surface area contributed by atoms with E-state index in [1.54, 1.807) is 46.2 Å². The number of carbonyl (C=O) groups excluding carboxylic acids is 2. The van der Waals surface area contributed by atoms with Crippen LogP contribution in [0.2, 0.25) is 5.02 Å². The Morgan fingerprint density at radius 1 is 1.29 bits per heavy atom. The lowest BCUT2D eigenvalue weighted by Crippen LogP contribution is -2.46. The van der Waals surface area contributed by atoms with Gasteiger partial charge in [0.1, 0.15) is 11.9 Å². The molecule has 2 aromatic heterocycles. The summed E-state index contributed by atoms with van der Waals surface area (Å²) in [5.74, 6) is 0.969. The first-order chi connectivity index (χ1) is 15.0. The molecule has 1 saturated heterocycles. The van der Waals surface area contributed by atoms with Gasteiger partial charge in [-0.25, -0.2) is 0 Å². The minimum Gasteiger partial charge on any atom is -0.489 e. The molecular weight excluding hydrogens is 420 g/mol. The van der Waals surface area contributed by atoms with Crippen molar-refractivity contribution in [2.24, 2.45) is 13.0 Å². The average Bonchev–Trinajstić information content (AvgIpc) is 3.43. The molecule has 0 aliphatic carbocycles. The second-order valence-corrected chi connectivity index (χ2v) is 8.49. The van der Waals surface area contributed by atoms with Crippen LogP contribution in [0.3, 0.4) is 0 Å². The van der Waals surface area contributed by atoms with Gasteiger partial charge in [0.05, 0.1) is 17.3 Å². The van der Waals surface area contributed by atoms with Crippen molar-refractivity contribution in [1.29, 1.82) is 0 Å². The number of aromatic nitrogens is 3. The number of rotatable bonds is 3. The number of ether oxygens (including phenoxy) is 1. The van der Waals surface area contributed by atoms with Crippen molar-refractivity contribution in [2.75, 3.05) is 13.1 Å². The number of benzene rings is 1. The lowest BCUT2D eigenvalue weighted by molar-refractivity contribution is 0.0404. The highest BCUT2D eigenvalue weighted by molar-refractivity contribution is 6.31. The van der Waals surface area contributed by atoms with Crippen molar-refractivity contribution < 1.29 is 18.8 Å². The predicted molar refractivity (Wildman–Crippen MR) is 112 cm³/mol. The van der Waals surface area contributed by atoms with E-state index in [1.807, 2.05) is 7.05 Å². The molecule has 31 heavy (non-hydrogen) atoms. The summed E-state index contributed by atoms with van der Waals surface area (Å²) in [5, 5.41) is 8.59. The van der Waals surface area contributed by atoms with Crippen LogP contribution in [0.25, 0.3) is 11.3 Å². The Morgan fingerprint density at radius 2 is 2.16 bits per heavy atom. The molecule has 2 atom stereocenters. The number of nitrogens with zero attached hydrogens (tertiary/aromatic N) is 4. The van der Waals surface area contributed by atoms with Crippen LogP contribution in [0.1, 0.15) is 40.1 Å². The van der Waals surface area contributed by atoms with E-state index in [-0.39, 0.29) is 35.8 Å². The van der Waals surface area contributed by atoms with Gasteiger partial charge in [0.25, 0.3) is 5.91 Å². The average molecular weight is 441 g/mol. The van der Waals surface area contributed by atoms with Gasteiger partial charge >= 0.3 is 0 Å². The highest BCUT2D eigenvalue weighted by atomic mass is 35.5. The summed E-state index contributed by atoms with van der Waals surface area (Å²) in [6, 6.07) is 6.75. The minimum atomic E-state index is -0.264. The summed E-state index contributed by atoms with van der Waals surface area (Å²) in [4.78, 5) is 27.4. The molecule has 0 spiro atoms. The van der Waals surface area contributed by atoms with Crippen LogP contribution in [0.5, 0.6) is 5.75 Å². The first-order valence-electron chi connectivity index (χ1n) is 10.2. The minimum absolute atomic E-state index is 0.0230. The lowest BCUT2D eigenvalue weighted by Gasteiger charge is -2.38. The summed E-state index contributed by atoms with van der Waals surface area (Å²) < 4.78 is 13.1. The maximum atomic E-state index is 13.0. The molecule has 0 saturated carbocycles. The molecule has 0 N–H and O–H groups in total. The van der Waals surface area contributed by atoms with Gasteiger partial charge in [0, 0.05) is 49.8 Å². The Labute approximate surface area is 183 Å². The standard InChI is InChI=1S/C22H21ClN4O4/c1-26-11-14(10-24-26)21-8-17(25-31-21)22(29)27-6-2-3-13(12-27)20-9-18(28)16-7-15(23)4-5-19(16)30-20/h4-5,7-8,10-11,13,20H,2-3,6,9,12H2,1H3/t13-,20+/m1/s1. The molecule has 0 bridgehead atoms. The molecule has 3 aromatic rings. The van der Waals surface area contributed by atoms with Gasteiger partial charge in [-0.05, 0) is 31.0 Å². The Hall–Kier alpha value is -3.13. The van der Waals surface area contributed by atoms with Gasteiger partial charge in [-0.3, -0.25) is 14.3 Å². The fourth-order valence-electron chi connectivity index (χ4n) is 4.30. The van der Waals surface area contributed by atoms with E-state index in [9.17, 15) is 9.59 Å². The molecule has 0 radical (unpaired) electrons. The maximum Gasteiger partial charge on any atom is 0.276 e. The summed E-state index contributed by atoms with van der Waals surface area (Å²) in [5.41, 5.74) is 1.55. The van der Waals surface area contributed by atoms with Gasteiger partial charge in [0.15, 0.2) is 17.2 Å². The number of hydrogen-bond donors (Lipinski definition) is 0.